The van der Waals surface area contributed by atoms with Gasteiger partial charge in [-0.3, -0.25) is 4.90 Å². The zero-order chi connectivity index (χ0) is 29.4. The van der Waals surface area contributed by atoms with Gasteiger partial charge in [0.2, 0.25) is 5.95 Å². The maximum absolute atomic E-state index is 13.4. The molecule has 6 rings (SSSR count). The molecule has 3 aliphatic rings. The van der Waals surface area contributed by atoms with E-state index in [-0.39, 0.29) is 6.54 Å². The number of carbonyl (C=O) groups excluding carboxylic acids is 1. The van der Waals surface area contributed by atoms with Crippen molar-refractivity contribution in [3.63, 3.8) is 0 Å². The summed E-state index contributed by atoms with van der Waals surface area (Å²) in [5.74, 6) is 1.77. The van der Waals surface area contributed by atoms with Crippen LogP contribution in [0.3, 0.4) is 0 Å². The molecule has 3 fully saturated rings. The molecular weight excluding hydrogens is 545 g/mol. The molecule has 3 heterocycles. The minimum atomic E-state index is -4.49. The van der Waals surface area contributed by atoms with Crippen LogP contribution in [-0.4, -0.2) is 47.2 Å². The lowest BCUT2D eigenvalue weighted by Gasteiger charge is -2.31. The maximum atomic E-state index is 13.4. The van der Waals surface area contributed by atoms with Gasteiger partial charge < -0.3 is 14.4 Å². The van der Waals surface area contributed by atoms with Gasteiger partial charge >= 0.3 is 12.3 Å². The third-order valence-electron chi connectivity index (χ3n) is 8.84. The van der Waals surface area contributed by atoms with Crippen LogP contribution in [0.1, 0.15) is 79.9 Å². The first kappa shape index (κ1) is 28.3. The summed E-state index contributed by atoms with van der Waals surface area (Å²) in [4.78, 5) is 26.4. The van der Waals surface area contributed by atoms with Crippen LogP contribution in [-0.2, 0) is 17.5 Å². The molecule has 2 atom stereocenters. The van der Waals surface area contributed by atoms with Gasteiger partial charge in [-0.05, 0) is 67.5 Å². The van der Waals surface area contributed by atoms with Crippen molar-refractivity contribution in [1.82, 2.24) is 14.9 Å². The number of cyclic esters (lactones) is 1. The summed E-state index contributed by atoms with van der Waals surface area (Å²) >= 11 is 0. The summed E-state index contributed by atoms with van der Waals surface area (Å²) in [5.41, 5.74) is 3.04. The van der Waals surface area contributed by atoms with Crippen LogP contribution in [0.5, 0.6) is 5.75 Å². The highest BCUT2D eigenvalue weighted by Gasteiger charge is 2.41. The average Bonchev–Trinajstić information content (AvgIpc) is 3.25. The summed E-state index contributed by atoms with van der Waals surface area (Å²) in [6, 6.07) is 10.7. The smallest absolute Gasteiger partial charge is 0.416 e. The summed E-state index contributed by atoms with van der Waals surface area (Å²) in [7, 11) is 1.63. The molecule has 0 spiro atoms. The number of benzene rings is 2. The number of aromatic nitrogens is 2. The van der Waals surface area contributed by atoms with E-state index >= 15 is 0 Å². The van der Waals surface area contributed by atoms with Crippen molar-refractivity contribution in [1.29, 1.82) is 0 Å². The number of methoxy groups -OCH3 is 1. The van der Waals surface area contributed by atoms with Gasteiger partial charge in [-0.1, -0.05) is 37.5 Å². The third-order valence-corrected chi connectivity index (χ3v) is 8.84. The van der Waals surface area contributed by atoms with Gasteiger partial charge in [0, 0.05) is 30.4 Å². The van der Waals surface area contributed by atoms with Crippen LogP contribution in [0.4, 0.5) is 23.9 Å². The second-order valence-corrected chi connectivity index (χ2v) is 11.5. The van der Waals surface area contributed by atoms with Crippen molar-refractivity contribution < 1.29 is 27.4 Å². The van der Waals surface area contributed by atoms with Crippen molar-refractivity contribution in [3.05, 3.63) is 71.0 Å². The molecule has 0 unspecified atom stereocenters. The molecule has 2 saturated heterocycles. The number of anilines is 1. The summed E-state index contributed by atoms with van der Waals surface area (Å²) in [6.07, 6.45) is 2.93. The van der Waals surface area contributed by atoms with E-state index in [0.29, 0.717) is 28.9 Å². The second kappa shape index (κ2) is 11.5. The normalized spacial score (nSPS) is 21.3. The molecule has 3 aromatic rings. The van der Waals surface area contributed by atoms with E-state index in [1.165, 1.54) is 35.8 Å². The molecule has 222 valence electrons. The Morgan fingerprint density at radius 1 is 1.00 bits per heavy atom. The Labute approximate surface area is 243 Å². The lowest BCUT2D eigenvalue weighted by Crippen LogP contribution is -2.39. The lowest BCUT2D eigenvalue weighted by molar-refractivity contribution is -0.137. The van der Waals surface area contributed by atoms with E-state index in [9.17, 15) is 18.0 Å². The highest BCUT2D eigenvalue weighted by Crippen LogP contribution is 2.41. The van der Waals surface area contributed by atoms with Crippen LogP contribution >= 0.6 is 0 Å². The summed E-state index contributed by atoms with van der Waals surface area (Å²) in [5, 5.41) is 0. The number of carbonyl (C=O) groups is 1. The number of hydrogen-bond acceptors (Lipinski definition) is 6. The first-order chi connectivity index (χ1) is 20.2. The van der Waals surface area contributed by atoms with E-state index < -0.39 is 30.0 Å². The number of nitrogens with zero attached hydrogens (tertiary/aromatic N) is 4. The van der Waals surface area contributed by atoms with Crippen molar-refractivity contribution in [2.45, 2.75) is 76.2 Å². The largest absolute Gasteiger partial charge is 0.496 e. The number of halogens is 3. The standard InChI is InChI=1S/C32H35F3N4O3/c1-20-29(23-10-6-11-24(16-23)32(33,34)35)42-31(40)39(20)19-27-26(18-36-30(37-27)38-14-7-15-38)25-17-22(12-13-28(25)41-2)21-8-4-3-5-9-21/h6,10-13,16-18,20-21,29H,3-5,7-9,14-15,19H2,1-2H3/t20-,29-/m0/s1. The molecule has 1 aliphatic carbocycles. The van der Waals surface area contributed by atoms with Crippen LogP contribution < -0.4 is 9.64 Å². The van der Waals surface area contributed by atoms with Gasteiger partial charge in [0.05, 0.1) is 31.0 Å². The fourth-order valence-electron chi connectivity index (χ4n) is 6.26. The van der Waals surface area contributed by atoms with Gasteiger partial charge in [-0.2, -0.15) is 13.2 Å². The lowest BCUT2D eigenvalue weighted by atomic mass is 9.83. The predicted octanol–water partition coefficient (Wildman–Crippen LogP) is 7.51. The molecular formula is C32H35F3N4O3. The maximum Gasteiger partial charge on any atom is 0.416 e. The fraction of sp³-hybridized carbons (Fsp3) is 0.469. The average molecular weight is 581 g/mol. The van der Waals surface area contributed by atoms with E-state index in [2.05, 4.69) is 22.0 Å². The summed E-state index contributed by atoms with van der Waals surface area (Å²) < 4.78 is 51.6. The van der Waals surface area contributed by atoms with E-state index in [0.717, 1.165) is 55.6 Å². The van der Waals surface area contributed by atoms with Gasteiger partial charge in [0.15, 0.2) is 0 Å². The number of hydrogen-bond donors (Lipinski definition) is 0. The second-order valence-electron chi connectivity index (χ2n) is 11.5. The first-order valence-electron chi connectivity index (χ1n) is 14.7. The number of alkyl halides is 3. The molecule has 10 heteroatoms. The Kier molecular flexibility index (Phi) is 7.72. The molecule has 1 saturated carbocycles. The zero-order valence-electron chi connectivity index (χ0n) is 23.9. The van der Waals surface area contributed by atoms with E-state index in [4.69, 9.17) is 14.5 Å². The highest BCUT2D eigenvalue weighted by atomic mass is 19.4. The molecule has 1 aromatic heterocycles. The summed E-state index contributed by atoms with van der Waals surface area (Å²) in [6.45, 7) is 3.63. The quantitative estimate of drug-likeness (QED) is 0.288. The number of rotatable bonds is 7. The molecule has 0 radical (unpaired) electrons. The van der Waals surface area contributed by atoms with Gasteiger partial charge in [0.25, 0.3) is 0 Å². The fourth-order valence-corrected chi connectivity index (χ4v) is 6.26. The molecule has 2 aliphatic heterocycles. The van der Waals surface area contributed by atoms with Gasteiger partial charge in [-0.25, -0.2) is 14.8 Å². The van der Waals surface area contributed by atoms with Crippen LogP contribution in [0.15, 0.2) is 48.7 Å². The SMILES string of the molecule is COc1ccc(C2CCCCC2)cc1-c1cnc(N2CCC2)nc1CN1C(=O)O[C@H](c2cccc(C(F)(F)F)c2)[C@@H]1C. The van der Waals surface area contributed by atoms with Crippen LogP contribution in [0.2, 0.25) is 0 Å². The highest BCUT2D eigenvalue weighted by molar-refractivity contribution is 5.75. The molecule has 0 bridgehead atoms. The third kappa shape index (κ3) is 5.51. The minimum absolute atomic E-state index is 0.116. The molecule has 1 amide bonds. The van der Waals surface area contributed by atoms with Crippen molar-refractivity contribution >= 4 is 12.0 Å². The number of ether oxygens (including phenoxy) is 2. The minimum Gasteiger partial charge on any atom is -0.496 e. The molecule has 2 aromatic carbocycles. The topological polar surface area (TPSA) is 67.8 Å². The van der Waals surface area contributed by atoms with E-state index in [1.54, 1.807) is 26.3 Å². The van der Waals surface area contributed by atoms with Crippen LogP contribution in [0, 0.1) is 0 Å². The predicted molar refractivity (Wildman–Crippen MR) is 152 cm³/mol. The first-order valence-corrected chi connectivity index (χ1v) is 14.7. The van der Waals surface area contributed by atoms with Crippen molar-refractivity contribution in [2.24, 2.45) is 0 Å². The monoisotopic (exact) mass is 580 g/mol. The van der Waals surface area contributed by atoms with Gasteiger partial charge in [0.1, 0.15) is 11.9 Å². The Morgan fingerprint density at radius 3 is 2.48 bits per heavy atom. The molecule has 42 heavy (non-hydrogen) atoms. The molecule has 0 N–H and O–H groups in total. The Morgan fingerprint density at radius 2 is 1.79 bits per heavy atom. The molecule has 7 nitrogen and oxygen atoms in total. The Balaban J connectivity index is 1.35. The van der Waals surface area contributed by atoms with Crippen LogP contribution in [0.25, 0.3) is 11.1 Å². The Hall–Kier alpha value is -3.82. The number of amides is 1. The Bertz CT molecular complexity index is 1450. The van der Waals surface area contributed by atoms with Crippen molar-refractivity contribution in [2.75, 3.05) is 25.1 Å². The van der Waals surface area contributed by atoms with Gasteiger partial charge in [-0.15, -0.1) is 0 Å². The van der Waals surface area contributed by atoms with Crippen molar-refractivity contribution in [3.8, 4) is 16.9 Å². The zero-order valence-corrected chi connectivity index (χ0v) is 23.9. The van der Waals surface area contributed by atoms with E-state index in [1.807, 2.05) is 6.07 Å².